The highest BCUT2D eigenvalue weighted by molar-refractivity contribution is 8.13. The Labute approximate surface area is 225 Å². The van der Waals surface area contributed by atoms with Crippen molar-refractivity contribution in [1.29, 1.82) is 0 Å². The molecule has 13 nitrogen and oxygen atoms in total. The van der Waals surface area contributed by atoms with Crippen LogP contribution in [0.2, 0.25) is 0 Å². The molecule has 1 aliphatic rings. The molecule has 1 saturated heterocycles. The largest absolute Gasteiger partial charge is 0.462 e. The molecule has 2 rings (SSSR count). The number of carbonyl (C=O) groups excluding carboxylic acids is 2. The molecule has 0 radical (unpaired) electrons. The molecule has 0 spiro atoms. The Kier molecular flexibility index (Phi) is 11.1. The number of H-pyrrole nitrogens is 1. The number of ether oxygens (including phenoxy) is 2. The van der Waals surface area contributed by atoms with Gasteiger partial charge in [-0.1, -0.05) is 39.5 Å². The molecule has 0 amide bonds. The summed E-state index contributed by atoms with van der Waals surface area (Å²) in [5, 5.41) is 13.7. The molecule has 1 aromatic heterocycles. The zero-order valence-corrected chi connectivity index (χ0v) is 24.4. The molecule has 0 aliphatic carbocycles. The van der Waals surface area contributed by atoms with E-state index in [0.717, 1.165) is 22.4 Å². The molecule has 1 aromatic rings. The van der Waals surface area contributed by atoms with E-state index in [-0.39, 0.29) is 24.1 Å². The highest BCUT2D eigenvalue weighted by atomic mass is 32.2. The van der Waals surface area contributed by atoms with Crippen LogP contribution in [0.1, 0.15) is 54.7 Å². The molecule has 5 atom stereocenters. The van der Waals surface area contributed by atoms with Gasteiger partial charge in [0.15, 0.2) is 5.12 Å². The smallest absolute Gasteiger partial charge is 0.406 e. The van der Waals surface area contributed by atoms with Gasteiger partial charge in [0, 0.05) is 29.3 Å². The summed E-state index contributed by atoms with van der Waals surface area (Å²) in [7, 11) is -4.21. The molecule has 1 fully saturated rings. The molecular weight excluding hydrogens is 541 g/mol. The standard InChI is InChI=1S/C23H38N3O10PS/c1-14(2)36-19(28)16(4)25-37(32,34-10-11-38-20(29)22(5,6)7)35-13-23(31)12-33-18(15(23)3)26-9-8-17(27)24-21(26)30/h8-9,14-16,18,31H,10-13H2,1-7H3,(H,25,32)(H,24,27,30)/t15-,16+,18-,23+,37?/m1/s1. The molecule has 0 bridgehead atoms. The van der Waals surface area contributed by atoms with Crippen LogP contribution < -0.4 is 16.3 Å². The third kappa shape index (κ3) is 8.87. The number of nitrogens with one attached hydrogen (secondary N) is 2. The summed E-state index contributed by atoms with van der Waals surface area (Å²) in [6.07, 6.45) is -0.0810. The lowest BCUT2D eigenvalue weighted by Crippen LogP contribution is -2.44. The van der Waals surface area contributed by atoms with Crippen molar-refractivity contribution in [3.8, 4) is 0 Å². The van der Waals surface area contributed by atoms with Crippen LogP contribution in [0.25, 0.3) is 0 Å². The van der Waals surface area contributed by atoms with Gasteiger partial charge in [0.1, 0.15) is 17.9 Å². The first-order valence-electron chi connectivity index (χ1n) is 12.2. The number of aromatic nitrogens is 2. The molecule has 1 aliphatic heterocycles. The lowest BCUT2D eigenvalue weighted by atomic mass is 9.91. The van der Waals surface area contributed by atoms with Gasteiger partial charge in [0.25, 0.3) is 5.56 Å². The van der Waals surface area contributed by atoms with Crippen LogP contribution in [0.5, 0.6) is 0 Å². The van der Waals surface area contributed by atoms with Crippen molar-refractivity contribution in [3.05, 3.63) is 33.1 Å². The Morgan fingerprint density at radius 2 is 1.97 bits per heavy atom. The van der Waals surface area contributed by atoms with Crippen LogP contribution >= 0.6 is 19.5 Å². The van der Waals surface area contributed by atoms with Gasteiger partial charge in [-0.3, -0.25) is 33.0 Å². The van der Waals surface area contributed by atoms with E-state index in [4.69, 9.17) is 18.5 Å². The Balaban J connectivity index is 2.13. The zero-order valence-electron chi connectivity index (χ0n) is 22.7. The SMILES string of the molecule is CC(C)OC(=O)[C@H](C)NP(=O)(OCCSC(=O)C(C)(C)C)OC[C@@]1(O)CO[C@@H](n2ccc(=O)[nH]c2=O)[C@H]1C. The second-order valence-corrected chi connectivity index (χ2v) is 13.3. The van der Waals surface area contributed by atoms with Gasteiger partial charge < -0.3 is 14.6 Å². The number of nitrogens with zero attached hydrogens (tertiary/aromatic N) is 1. The number of hydrogen-bond donors (Lipinski definition) is 3. The summed E-state index contributed by atoms with van der Waals surface area (Å²) in [4.78, 5) is 50.2. The number of hydrogen-bond acceptors (Lipinski definition) is 11. The van der Waals surface area contributed by atoms with E-state index < -0.39 is 66.9 Å². The van der Waals surface area contributed by atoms with Crippen LogP contribution in [0.4, 0.5) is 0 Å². The van der Waals surface area contributed by atoms with Crippen LogP contribution in [0.3, 0.4) is 0 Å². The third-order valence-electron chi connectivity index (χ3n) is 5.64. The third-order valence-corrected chi connectivity index (χ3v) is 8.58. The lowest BCUT2D eigenvalue weighted by molar-refractivity contribution is -0.149. The van der Waals surface area contributed by atoms with E-state index in [0.29, 0.717) is 0 Å². The van der Waals surface area contributed by atoms with E-state index in [1.165, 1.54) is 13.1 Å². The van der Waals surface area contributed by atoms with Crippen LogP contribution in [0.15, 0.2) is 21.9 Å². The van der Waals surface area contributed by atoms with Crippen molar-refractivity contribution in [2.24, 2.45) is 11.3 Å². The topological polar surface area (TPSA) is 175 Å². The number of rotatable bonds is 12. The van der Waals surface area contributed by atoms with Crippen molar-refractivity contribution in [1.82, 2.24) is 14.6 Å². The first-order valence-corrected chi connectivity index (χ1v) is 14.7. The average molecular weight is 580 g/mol. The minimum Gasteiger partial charge on any atom is -0.462 e. The number of esters is 1. The molecule has 1 unspecified atom stereocenters. The number of aliphatic hydroxyl groups is 1. The molecular formula is C23H38N3O10PS. The second-order valence-electron chi connectivity index (χ2n) is 10.4. The summed E-state index contributed by atoms with van der Waals surface area (Å²) < 4.78 is 36.6. The summed E-state index contributed by atoms with van der Waals surface area (Å²) >= 11 is 1.01. The number of carbonyl (C=O) groups is 2. The molecule has 216 valence electrons. The van der Waals surface area contributed by atoms with E-state index in [9.17, 15) is 28.8 Å². The van der Waals surface area contributed by atoms with Gasteiger partial charge in [-0.2, -0.15) is 0 Å². The van der Waals surface area contributed by atoms with E-state index in [1.54, 1.807) is 41.5 Å². The van der Waals surface area contributed by atoms with Gasteiger partial charge in [0.05, 0.1) is 25.9 Å². The summed E-state index contributed by atoms with van der Waals surface area (Å²) in [5.41, 5.74) is -3.55. The summed E-state index contributed by atoms with van der Waals surface area (Å²) in [5.74, 6) is -1.24. The van der Waals surface area contributed by atoms with Crippen molar-refractivity contribution in [3.63, 3.8) is 0 Å². The van der Waals surface area contributed by atoms with E-state index >= 15 is 0 Å². The summed E-state index contributed by atoms with van der Waals surface area (Å²) in [6.45, 7) is 10.7. The maximum atomic E-state index is 13.6. The Morgan fingerprint density at radius 3 is 2.55 bits per heavy atom. The Bertz CT molecular complexity index is 1150. The van der Waals surface area contributed by atoms with Crippen molar-refractivity contribution in [2.75, 3.05) is 25.6 Å². The van der Waals surface area contributed by atoms with Crippen LogP contribution in [-0.2, 0) is 32.7 Å². The van der Waals surface area contributed by atoms with Gasteiger partial charge in [0.2, 0.25) is 0 Å². The van der Waals surface area contributed by atoms with Crippen molar-refractivity contribution in [2.45, 2.75) is 72.4 Å². The van der Waals surface area contributed by atoms with Crippen molar-refractivity contribution >= 4 is 30.6 Å². The first-order chi connectivity index (χ1) is 17.5. The monoisotopic (exact) mass is 579 g/mol. The fraction of sp³-hybridized carbons (Fsp3) is 0.739. The van der Waals surface area contributed by atoms with E-state index in [2.05, 4.69) is 10.1 Å². The Hall–Kier alpha value is -1.80. The molecule has 0 aromatic carbocycles. The minimum atomic E-state index is -4.21. The molecule has 15 heteroatoms. The zero-order chi connectivity index (χ0) is 28.9. The maximum absolute atomic E-state index is 13.6. The van der Waals surface area contributed by atoms with Crippen LogP contribution in [0, 0.1) is 11.3 Å². The predicted molar refractivity (Wildman–Crippen MR) is 141 cm³/mol. The fourth-order valence-electron chi connectivity index (χ4n) is 3.33. The van der Waals surface area contributed by atoms with Crippen LogP contribution in [-0.4, -0.2) is 69.1 Å². The first kappa shape index (κ1) is 32.4. The van der Waals surface area contributed by atoms with Gasteiger partial charge in [-0.05, 0) is 20.8 Å². The van der Waals surface area contributed by atoms with Gasteiger partial charge in [-0.25, -0.2) is 14.4 Å². The minimum absolute atomic E-state index is 0.0755. The normalized spacial score (nSPS) is 24.2. The van der Waals surface area contributed by atoms with Gasteiger partial charge in [-0.15, -0.1) is 0 Å². The molecule has 3 N–H and O–H groups in total. The lowest BCUT2D eigenvalue weighted by Gasteiger charge is -2.30. The van der Waals surface area contributed by atoms with E-state index in [1.807, 2.05) is 0 Å². The predicted octanol–water partition coefficient (Wildman–Crippen LogP) is 1.81. The highest BCUT2D eigenvalue weighted by Gasteiger charge is 2.49. The molecule has 2 heterocycles. The van der Waals surface area contributed by atoms with Crippen molar-refractivity contribution < 1.29 is 37.8 Å². The van der Waals surface area contributed by atoms with Gasteiger partial charge >= 0.3 is 19.4 Å². The quantitative estimate of drug-likeness (QED) is 0.186. The second kappa shape index (κ2) is 13.0. The number of thioether (sulfide) groups is 1. The summed E-state index contributed by atoms with van der Waals surface area (Å²) in [6, 6.07) is 0.0728. The fourth-order valence-corrected chi connectivity index (χ4v) is 5.77. The number of aromatic amines is 1. The highest BCUT2D eigenvalue weighted by Crippen LogP contribution is 2.47. The average Bonchev–Trinajstić information content (AvgIpc) is 3.09. The molecule has 0 saturated carbocycles. The maximum Gasteiger partial charge on any atom is 0.406 e. The Morgan fingerprint density at radius 1 is 1.32 bits per heavy atom. The molecule has 38 heavy (non-hydrogen) atoms.